The summed E-state index contributed by atoms with van der Waals surface area (Å²) in [6.07, 6.45) is 1.13. The van der Waals surface area contributed by atoms with Gasteiger partial charge in [0.05, 0.1) is 17.2 Å². The van der Waals surface area contributed by atoms with E-state index in [0.29, 0.717) is 6.92 Å². The number of aromatic nitrogens is 1. The molecule has 0 aromatic carbocycles. The van der Waals surface area contributed by atoms with E-state index >= 15 is 0 Å². The molecule has 0 aliphatic carbocycles. The summed E-state index contributed by atoms with van der Waals surface area (Å²) in [7, 11) is 0. The summed E-state index contributed by atoms with van der Waals surface area (Å²) >= 11 is 5.56. The molecular formula is C10H10ClF2NO2. The number of halogens is 3. The predicted molar refractivity (Wildman–Crippen MR) is 54.8 cm³/mol. The van der Waals surface area contributed by atoms with E-state index in [1.807, 2.05) is 0 Å². The van der Waals surface area contributed by atoms with Crippen molar-refractivity contribution in [3.05, 3.63) is 28.5 Å². The van der Waals surface area contributed by atoms with Crippen LogP contribution < -0.4 is 0 Å². The molecule has 0 saturated heterocycles. The van der Waals surface area contributed by atoms with Crippen molar-refractivity contribution in [2.24, 2.45) is 0 Å². The first kappa shape index (κ1) is 12.8. The van der Waals surface area contributed by atoms with Crippen molar-refractivity contribution >= 4 is 17.6 Å². The Hall–Kier alpha value is -1.23. The van der Waals surface area contributed by atoms with Crippen LogP contribution in [0.4, 0.5) is 8.78 Å². The first-order valence-electron chi connectivity index (χ1n) is 4.57. The minimum Gasteiger partial charge on any atom is -0.461 e. The van der Waals surface area contributed by atoms with Gasteiger partial charge in [0.25, 0.3) is 5.92 Å². The lowest BCUT2D eigenvalue weighted by atomic mass is 10.1. The van der Waals surface area contributed by atoms with Crippen LogP contribution in [0, 0.1) is 0 Å². The van der Waals surface area contributed by atoms with Crippen molar-refractivity contribution in [2.45, 2.75) is 19.8 Å². The van der Waals surface area contributed by atoms with Gasteiger partial charge in [-0.05, 0) is 13.0 Å². The lowest BCUT2D eigenvalue weighted by molar-refractivity contribution is 0.0136. The van der Waals surface area contributed by atoms with Crippen LogP contribution >= 0.6 is 11.6 Å². The summed E-state index contributed by atoms with van der Waals surface area (Å²) < 4.78 is 31.0. The first-order chi connectivity index (χ1) is 7.36. The molecule has 0 saturated carbocycles. The monoisotopic (exact) mass is 249 g/mol. The Morgan fingerprint density at radius 2 is 2.25 bits per heavy atom. The molecule has 0 atom stereocenters. The molecule has 88 valence electrons. The molecule has 0 N–H and O–H groups in total. The molecule has 0 amide bonds. The summed E-state index contributed by atoms with van der Waals surface area (Å²) in [5.41, 5.74) is -0.933. The number of hydrogen-bond acceptors (Lipinski definition) is 3. The van der Waals surface area contributed by atoms with Crippen molar-refractivity contribution in [3.63, 3.8) is 0 Å². The molecule has 0 radical (unpaired) electrons. The Labute approximate surface area is 96.4 Å². The van der Waals surface area contributed by atoms with E-state index < -0.39 is 23.1 Å². The summed E-state index contributed by atoms with van der Waals surface area (Å²) in [5, 5.41) is 0.0459. The van der Waals surface area contributed by atoms with Gasteiger partial charge in [0, 0.05) is 13.1 Å². The third-order valence-corrected chi connectivity index (χ3v) is 2.00. The highest BCUT2D eigenvalue weighted by Gasteiger charge is 2.32. The maximum absolute atomic E-state index is 13.2. The normalized spacial score (nSPS) is 11.3. The van der Waals surface area contributed by atoms with Gasteiger partial charge >= 0.3 is 5.97 Å². The summed E-state index contributed by atoms with van der Waals surface area (Å²) in [4.78, 5) is 14.9. The first-order valence-corrected chi connectivity index (χ1v) is 4.95. The van der Waals surface area contributed by atoms with Crippen molar-refractivity contribution in [1.29, 1.82) is 0 Å². The maximum Gasteiger partial charge on any atom is 0.357 e. The zero-order valence-electron chi connectivity index (χ0n) is 8.76. The third-order valence-electron chi connectivity index (χ3n) is 1.80. The summed E-state index contributed by atoms with van der Waals surface area (Å²) in [5.74, 6) is -4.07. The maximum atomic E-state index is 13.2. The minimum atomic E-state index is -3.19. The average Bonchev–Trinajstić information content (AvgIpc) is 2.16. The van der Waals surface area contributed by atoms with Gasteiger partial charge in [-0.2, -0.15) is 0 Å². The van der Waals surface area contributed by atoms with Gasteiger partial charge < -0.3 is 4.74 Å². The number of alkyl halides is 2. The van der Waals surface area contributed by atoms with E-state index in [0.717, 1.165) is 12.3 Å². The molecule has 16 heavy (non-hydrogen) atoms. The lowest BCUT2D eigenvalue weighted by Gasteiger charge is -2.14. The smallest absolute Gasteiger partial charge is 0.357 e. The molecular weight excluding hydrogens is 240 g/mol. The van der Waals surface area contributed by atoms with Gasteiger partial charge in [-0.15, -0.1) is 0 Å². The topological polar surface area (TPSA) is 39.2 Å². The highest BCUT2D eigenvalue weighted by atomic mass is 35.5. The highest BCUT2D eigenvalue weighted by Crippen LogP contribution is 2.31. The minimum absolute atomic E-state index is 0.0459. The molecule has 0 bridgehead atoms. The van der Waals surface area contributed by atoms with Crippen molar-refractivity contribution in [2.75, 3.05) is 6.61 Å². The summed E-state index contributed by atoms with van der Waals surface area (Å²) in [6, 6.07) is 1.01. The number of carbonyl (C=O) groups is 1. The number of nitrogens with zero attached hydrogens (tertiary/aromatic N) is 1. The number of carbonyl (C=O) groups excluding carboxylic acids is 1. The van der Waals surface area contributed by atoms with Crippen molar-refractivity contribution in [3.8, 4) is 0 Å². The Balaban J connectivity index is 3.23. The Morgan fingerprint density at radius 3 is 2.75 bits per heavy atom. The fourth-order valence-electron chi connectivity index (χ4n) is 1.14. The van der Waals surface area contributed by atoms with Gasteiger partial charge in [0.1, 0.15) is 0 Å². The average molecular weight is 250 g/mol. The molecule has 0 aliphatic rings. The van der Waals surface area contributed by atoms with Crippen LogP contribution in [-0.2, 0) is 10.7 Å². The van der Waals surface area contributed by atoms with E-state index in [1.54, 1.807) is 6.92 Å². The molecule has 3 nitrogen and oxygen atoms in total. The van der Waals surface area contributed by atoms with Crippen LogP contribution in [-0.4, -0.2) is 17.6 Å². The predicted octanol–water partition coefficient (Wildman–Crippen LogP) is 3.02. The highest BCUT2D eigenvalue weighted by molar-refractivity contribution is 6.30. The largest absolute Gasteiger partial charge is 0.461 e. The quantitative estimate of drug-likeness (QED) is 0.773. The fourth-order valence-corrected chi connectivity index (χ4v) is 1.29. The van der Waals surface area contributed by atoms with Gasteiger partial charge in [-0.1, -0.05) is 11.6 Å². The molecule has 6 heteroatoms. The molecule has 1 heterocycles. The van der Waals surface area contributed by atoms with Crippen LogP contribution in [0.25, 0.3) is 0 Å². The van der Waals surface area contributed by atoms with Crippen LogP contribution in [0.3, 0.4) is 0 Å². The van der Waals surface area contributed by atoms with Crippen LogP contribution in [0.15, 0.2) is 12.3 Å². The molecule has 0 aliphatic heterocycles. The third kappa shape index (κ3) is 2.88. The van der Waals surface area contributed by atoms with E-state index in [1.165, 1.54) is 0 Å². The van der Waals surface area contributed by atoms with Crippen molar-refractivity contribution in [1.82, 2.24) is 4.98 Å². The van der Waals surface area contributed by atoms with Gasteiger partial charge in [-0.3, -0.25) is 0 Å². The Kier molecular flexibility index (Phi) is 3.80. The molecule has 1 aromatic rings. The molecule has 1 aromatic heterocycles. The zero-order valence-corrected chi connectivity index (χ0v) is 9.52. The Morgan fingerprint density at radius 1 is 1.62 bits per heavy atom. The van der Waals surface area contributed by atoms with Crippen LogP contribution in [0.2, 0.25) is 5.02 Å². The molecule has 0 unspecified atom stereocenters. The van der Waals surface area contributed by atoms with Crippen LogP contribution in [0.5, 0.6) is 0 Å². The van der Waals surface area contributed by atoms with E-state index in [4.69, 9.17) is 11.6 Å². The van der Waals surface area contributed by atoms with E-state index in [2.05, 4.69) is 9.72 Å². The second-order valence-corrected chi connectivity index (χ2v) is 3.59. The number of rotatable bonds is 3. The van der Waals surface area contributed by atoms with E-state index in [-0.39, 0.29) is 11.6 Å². The second kappa shape index (κ2) is 4.74. The number of esters is 1. The Bertz CT molecular complexity index is 404. The fraction of sp³-hybridized carbons (Fsp3) is 0.400. The lowest BCUT2D eigenvalue weighted by Crippen LogP contribution is -2.17. The number of hydrogen-bond donors (Lipinski definition) is 0. The van der Waals surface area contributed by atoms with E-state index in [9.17, 15) is 13.6 Å². The van der Waals surface area contributed by atoms with Gasteiger partial charge in [0.15, 0.2) is 5.69 Å². The SMILES string of the molecule is CCOC(=O)c1ncc(Cl)cc1C(C)(F)F. The zero-order chi connectivity index (χ0) is 12.3. The second-order valence-electron chi connectivity index (χ2n) is 3.16. The molecule has 0 fully saturated rings. The van der Waals surface area contributed by atoms with Gasteiger partial charge in [-0.25, -0.2) is 18.6 Å². The standard InChI is InChI=1S/C10H10ClF2NO2/c1-3-16-9(15)8-7(10(2,12)13)4-6(11)5-14-8/h4-5H,3H2,1-2H3. The molecule has 1 rings (SSSR count). The van der Waals surface area contributed by atoms with Crippen molar-refractivity contribution < 1.29 is 18.3 Å². The molecule has 0 spiro atoms. The number of ether oxygens (including phenoxy) is 1. The summed E-state index contributed by atoms with van der Waals surface area (Å²) in [6.45, 7) is 2.35. The number of pyridine rings is 1. The van der Waals surface area contributed by atoms with Crippen LogP contribution in [0.1, 0.15) is 29.9 Å². The van der Waals surface area contributed by atoms with Gasteiger partial charge in [0.2, 0.25) is 0 Å².